The quantitative estimate of drug-likeness (QED) is 0.631. The van der Waals surface area contributed by atoms with Gasteiger partial charge >= 0.3 is 0 Å². The van der Waals surface area contributed by atoms with Gasteiger partial charge in [0.25, 0.3) is 0 Å². The summed E-state index contributed by atoms with van der Waals surface area (Å²) in [6, 6.07) is 15.9. The summed E-state index contributed by atoms with van der Waals surface area (Å²) < 4.78 is 1.05. The lowest BCUT2D eigenvalue weighted by Gasteiger charge is -2.04. The van der Waals surface area contributed by atoms with Crippen molar-refractivity contribution in [2.24, 2.45) is 0 Å². The number of carbonyl (C=O) groups is 1. The second-order valence-corrected chi connectivity index (χ2v) is 6.44. The van der Waals surface area contributed by atoms with Crippen molar-refractivity contribution in [1.82, 2.24) is 0 Å². The molecule has 0 unspecified atom stereocenters. The maximum Gasteiger partial charge on any atom is 0.248 e. The van der Waals surface area contributed by atoms with E-state index < -0.39 is 0 Å². The molecule has 0 atom stereocenters. The number of carbonyl (C=O) groups excluding carboxylic acids is 1. The van der Waals surface area contributed by atoms with Gasteiger partial charge in [0.2, 0.25) is 5.91 Å². The lowest BCUT2D eigenvalue weighted by molar-refractivity contribution is -0.111. The molecule has 2 aromatic carbocycles. The van der Waals surface area contributed by atoms with Crippen molar-refractivity contribution in [3.8, 4) is 0 Å². The van der Waals surface area contributed by atoms with Gasteiger partial charge in [-0.1, -0.05) is 34.1 Å². The van der Waals surface area contributed by atoms with Crippen LogP contribution in [0.15, 0.2) is 64.5 Å². The van der Waals surface area contributed by atoms with E-state index in [0.29, 0.717) is 0 Å². The highest BCUT2D eigenvalue weighted by Crippen LogP contribution is 2.23. The van der Waals surface area contributed by atoms with Gasteiger partial charge in [0.1, 0.15) is 0 Å². The number of rotatable bonds is 3. The van der Waals surface area contributed by atoms with Crippen molar-refractivity contribution in [3.05, 3.63) is 69.3 Å². The number of anilines is 1. The highest BCUT2D eigenvalue weighted by molar-refractivity contribution is 9.10. The van der Waals surface area contributed by atoms with Crippen molar-refractivity contribution < 1.29 is 4.79 Å². The van der Waals surface area contributed by atoms with Gasteiger partial charge in [-0.25, -0.2) is 0 Å². The molecule has 0 saturated carbocycles. The molecule has 0 fully saturated rings. The van der Waals surface area contributed by atoms with Crippen LogP contribution in [-0.4, -0.2) is 5.91 Å². The molecule has 1 heterocycles. The van der Waals surface area contributed by atoms with Crippen LogP contribution in [0.2, 0.25) is 0 Å². The van der Waals surface area contributed by atoms with Gasteiger partial charge in [0.15, 0.2) is 0 Å². The van der Waals surface area contributed by atoms with E-state index in [-0.39, 0.29) is 5.91 Å². The van der Waals surface area contributed by atoms with Gasteiger partial charge in [-0.3, -0.25) is 4.79 Å². The number of amides is 1. The third-order valence-corrected chi connectivity index (χ3v) is 4.34. The van der Waals surface area contributed by atoms with Gasteiger partial charge in [0.05, 0.1) is 0 Å². The Balaban J connectivity index is 1.75. The molecule has 21 heavy (non-hydrogen) atoms. The minimum Gasteiger partial charge on any atom is -0.322 e. The van der Waals surface area contributed by atoms with E-state index in [1.165, 1.54) is 0 Å². The third-order valence-electron chi connectivity index (χ3n) is 3.01. The Morgan fingerprint density at radius 3 is 2.71 bits per heavy atom. The van der Waals surface area contributed by atoms with Crippen molar-refractivity contribution in [3.63, 3.8) is 0 Å². The molecular weight excluding hydrogens is 346 g/mol. The highest BCUT2D eigenvalue weighted by Gasteiger charge is 2.00. The largest absolute Gasteiger partial charge is 0.322 e. The number of nitrogens with one attached hydrogen (secondary N) is 1. The van der Waals surface area contributed by atoms with E-state index in [4.69, 9.17) is 0 Å². The molecule has 1 amide bonds. The first kappa shape index (κ1) is 14.0. The fourth-order valence-electron chi connectivity index (χ4n) is 2.02. The number of hydrogen-bond donors (Lipinski definition) is 1. The van der Waals surface area contributed by atoms with Crippen LogP contribution >= 0.6 is 27.3 Å². The fourth-order valence-corrected chi connectivity index (χ4v) is 3.02. The summed E-state index contributed by atoms with van der Waals surface area (Å²) in [6.07, 6.45) is 3.37. The zero-order valence-corrected chi connectivity index (χ0v) is 13.4. The second-order valence-electron chi connectivity index (χ2n) is 4.54. The number of benzene rings is 2. The summed E-state index contributed by atoms with van der Waals surface area (Å²) in [5.74, 6) is -0.125. The lowest BCUT2D eigenvalue weighted by atomic mass is 10.1. The summed E-state index contributed by atoms with van der Waals surface area (Å²) in [5, 5.41) is 7.09. The minimum absolute atomic E-state index is 0.125. The normalized spacial score (nSPS) is 11.1. The molecule has 0 saturated heterocycles. The van der Waals surface area contributed by atoms with Gasteiger partial charge < -0.3 is 5.32 Å². The van der Waals surface area contributed by atoms with Gasteiger partial charge in [-0.05, 0) is 52.6 Å². The summed E-state index contributed by atoms with van der Waals surface area (Å²) in [5.41, 5.74) is 0.797. The first-order valence-electron chi connectivity index (χ1n) is 6.43. The summed E-state index contributed by atoms with van der Waals surface area (Å²) in [7, 11) is 0. The maximum atomic E-state index is 11.9. The van der Waals surface area contributed by atoms with Gasteiger partial charge in [-0.15, -0.1) is 11.3 Å². The Labute approximate surface area is 135 Å². The summed E-state index contributed by atoms with van der Waals surface area (Å²) >= 11 is 5.06. The standard InChI is InChI=1S/C17H12BrNOS/c18-14-5-3-13-11-15(6-4-12(13)10-14)19-17(20)8-7-16-2-1-9-21-16/h1-11H,(H,19,20)/b8-7+. The van der Waals surface area contributed by atoms with Crippen molar-refractivity contribution in [2.45, 2.75) is 0 Å². The average Bonchev–Trinajstić information content (AvgIpc) is 2.99. The predicted octanol–water partition coefficient (Wildman–Crippen LogP) is 5.32. The average molecular weight is 358 g/mol. The molecule has 104 valence electrons. The zero-order chi connectivity index (χ0) is 14.7. The predicted molar refractivity (Wildman–Crippen MR) is 93.6 cm³/mol. The minimum atomic E-state index is -0.125. The maximum absolute atomic E-state index is 11.9. The number of fused-ring (bicyclic) bond motifs is 1. The van der Waals surface area contributed by atoms with Crippen LogP contribution in [0.5, 0.6) is 0 Å². The summed E-state index contributed by atoms with van der Waals surface area (Å²) in [6.45, 7) is 0. The molecule has 2 nitrogen and oxygen atoms in total. The zero-order valence-electron chi connectivity index (χ0n) is 11.0. The lowest BCUT2D eigenvalue weighted by Crippen LogP contribution is -2.07. The Hall–Kier alpha value is -1.91. The molecule has 0 aliphatic heterocycles. The number of hydrogen-bond acceptors (Lipinski definition) is 2. The van der Waals surface area contributed by atoms with E-state index in [1.807, 2.05) is 53.9 Å². The molecule has 0 aliphatic carbocycles. The molecule has 1 N–H and O–H groups in total. The van der Waals surface area contributed by atoms with Gasteiger partial charge in [-0.2, -0.15) is 0 Å². The number of thiophene rings is 1. The molecule has 3 aromatic rings. The van der Waals surface area contributed by atoms with E-state index in [9.17, 15) is 4.79 Å². The molecule has 3 rings (SSSR count). The van der Waals surface area contributed by atoms with Crippen LogP contribution in [0.25, 0.3) is 16.8 Å². The second kappa shape index (κ2) is 6.24. The van der Waals surface area contributed by atoms with Crippen LogP contribution in [0, 0.1) is 0 Å². The fraction of sp³-hybridized carbons (Fsp3) is 0. The van der Waals surface area contributed by atoms with Crippen LogP contribution in [-0.2, 0) is 4.79 Å². The molecule has 0 spiro atoms. The van der Waals surface area contributed by atoms with Crippen LogP contribution in [0.4, 0.5) is 5.69 Å². The van der Waals surface area contributed by atoms with Crippen LogP contribution in [0.3, 0.4) is 0 Å². The Bertz CT molecular complexity index is 809. The molecular formula is C17H12BrNOS. The van der Waals surface area contributed by atoms with Crippen molar-refractivity contribution in [1.29, 1.82) is 0 Å². The SMILES string of the molecule is O=C(/C=C/c1cccs1)Nc1ccc2cc(Br)ccc2c1. The van der Waals surface area contributed by atoms with Crippen LogP contribution < -0.4 is 5.32 Å². The smallest absolute Gasteiger partial charge is 0.248 e. The highest BCUT2D eigenvalue weighted by atomic mass is 79.9. The van der Waals surface area contributed by atoms with E-state index in [1.54, 1.807) is 17.4 Å². The van der Waals surface area contributed by atoms with Crippen molar-refractivity contribution >= 4 is 55.7 Å². The third kappa shape index (κ3) is 3.60. The Kier molecular flexibility index (Phi) is 4.18. The topological polar surface area (TPSA) is 29.1 Å². The van der Waals surface area contributed by atoms with Crippen LogP contribution in [0.1, 0.15) is 4.88 Å². The first-order chi connectivity index (χ1) is 10.2. The molecule has 0 aliphatic rings. The Morgan fingerprint density at radius 1 is 1.10 bits per heavy atom. The monoisotopic (exact) mass is 357 g/mol. The molecule has 1 aromatic heterocycles. The number of halogens is 1. The Morgan fingerprint density at radius 2 is 1.90 bits per heavy atom. The van der Waals surface area contributed by atoms with Gasteiger partial charge in [0, 0.05) is 21.1 Å². The molecule has 0 bridgehead atoms. The molecule has 0 radical (unpaired) electrons. The molecule has 4 heteroatoms. The van der Waals surface area contributed by atoms with E-state index in [2.05, 4.69) is 27.3 Å². The van der Waals surface area contributed by atoms with E-state index in [0.717, 1.165) is 25.8 Å². The van der Waals surface area contributed by atoms with E-state index >= 15 is 0 Å². The summed E-state index contributed by atoms with van der Waals surface area (Å²) in [4.78, 5) is 13.0. The first-order valence-corrected chi connectivity index (χ1v) is 8.10. The van der Waals surface area contributed by atoms with Crippen molar-refractivity contribution in [2.75, 3.05) is 5.32 Å².